The van der Waals surface area contributed by atoms with Crippen LogP contribution in [0, 0.1) is 6.92 Å². The molecule has 148 valence electrons. The molecule has 0 N–H and O–H groups in total. The molecular weight excluding hydrogens is 336 g/mol. The van der Waals surface area contributed by atoms with Gasteiger partial charge in [-0.3, -0.25) is 0 Å². The Labute approximate surface area is 164 Å². The van der Waals surface area contributed by atoms with Crippen molar-refractivity contribution in [3.63, 3.8) is 0 Å². The minimum atomic E-state index is -0.466. The maximum atomic E-state index is 6.40. The molecule has 2 aromatic rings. The molecule has 0 aliphatic carbocycles. The minimum absolute atomic E-state index is 0.466. The second kappa shape index (κ2) is 8.45. The van der Waals surface area contributed by atoms with Gasteiger partial charge >= 0.3 is 0 Å². The van der Waals surface area contributed by atoms with Crippen molar-refractivity contribution in [3.8, 4) is 5.75 Å². The lowest BCUT2D eigenvalue weighted by Crippen LogP contribution is -2.26. The average molecular weight is 371 g/mol. The minimum Gasteiger partial charge on any atom is -0.488 e. The van der Waals surface area contributed by atoms with E-state index in [1.54, 1.807) is 14.2 Å². The van der Waals surface area contributed by atoms with Crippen LogP contribution in [0.5, 0.6) is 5.75 Å². The lowest BCUT2D eigenvalue weighted by atomic mass is 9.87. The van der Waals surface area contributed by atoms with E-state index in [0.29, 0.717) is 6.61 Å². The summed E-state index contributed by atoms with van der Waals surface area (Å²) in [6, 6.07) is 12.9. The van der Waals surface area contributed by atoms with Crippen molar-refractivity contribution in [1.82, 2.24) is 0 Å². The van der Waals surface area contributed by atoms with E-state index in [-0.39, 0.29) is 0 Å². The fraction of sp³-hybridized carbons (Fsp3) is 0.500. The number of hydrogen-bond donors (Lipinski definition) is 0. The van der Waals surface area contributed by atoms with Crippen molar-refractivity contribution in [2.24, 2.45) is 0 Å². The van der Waals surface area contributed by atoms with Crippen LogP contribution in [0.1, 0.15) is 62.4 Å². The van der Waals surface area contributed by atoms with Crippen LogP contribution in [0.15, 0.2) is 36.4 Å². The highest BCUT2D eigenvalue weighted by atomic mass is 16.5. The standard InChI is InChI=1S/C24H34O3/c1-9-18-10-12-19(13-11-18)16-27-22-20(23(3,4)25-7)14-17(2)15-21(22)24(5,6)26-8/h10-15H,9,16H2,1-8H3. The molecule has 0 heterocycles. The van der Waals surface area contributed by atoms with E-state index < -0.39 is 11.2 Å². The Morgan fingerprint density at radius 3 is 1.63 bits per heavy atom. The second-order valence-electron chi connectivity index (χ2n) is 8.08. The van der Waals surface area contributed by atoms with Gasteiger partial charge in [0.05, 0.1) is 11.2 Å². The van der Waals surface area contributed by atoms with Gasteiger partial charge in [-0.15, -0.1) is 0 Å². The number of methoxy groups -OCH3 is 2. The van der Waals surface area contributed by atoms with Gasteiger partial charge in [-0.2, -0.15) is 0 Å². The predicted octanol–water partition coefficient (Wildman–Crippen LogP) is 5.90. The van der Waals surface area contributed by atoms with Crippen molar-refractivity contribution in [2.75, 3.05) is 14.2 Å². The van der Waals surface area contributed by atoms with Gasteiger partial charge in [0, 0.05) is 25.3 Å². The Balaban J connectivity index is 2.49. The molecule has 0 spiro atoms. The maximum absolute atomic E-state index is 6.40. The fourth-order valence-electron chi connectivity index (χ4n) is 3.07. The Morgan fingerprint density at radius 2 is 1.22 bits per heavy atom. The van der Waals surface area contributed by atoms with Gasteiger partial charge in [0.2, 0.25) is 0 Å². The van der Waals surface area contributed by atoms with Gasteiger partial charge in [-0.25, -0.2) is 0 Å². The lowest BCUT2D eigenvalue weighted by Gasteiger charge is -2.32. The summed E-state index contributed by atoms with van der Waals surface area (Å²) in [6.07, 6.45) is 1.04. The van der Waals surface area contributed by atoms with E-state index in [4.69, 9.17) is 14.2 Å². The molecule has 0 fully saturated rings. The summed E-state index contributed by atoms with van der Waals surface area (Å²) in [5.74, 6) is 0.846. The molecule has 0 aliphatic heterocycles. The number of hydrogen-bond acceptors (Lipinski definition) is 3. The molecule has 2 aromatic carbocycles. The van der Waals surface area contributed by atoms with Crippen LogP contribution in [0.25, 0.3) is 0 Å². The van der Waals surface area contributed by atoms with E-state index in [0.717, 1.165) is 34.4 Å². The van der Waals surface area contributed by atoms with Crippen LogP contribution in [-0.2, 0) is 33.7 Å². The largest absolute Gasteiger partial charge is 0.488 e. The van der Waals surface area contributed by atoms with Gasteiger partial charge in [-0.1, -0.05) is 36.8 Å². The first-order valence-corrected chi connectivity index (χ1v) is 9.61. The summed E-state index contributed by atoms with van der Waals surface area (Å²) in [5.41, 5.74) is 4.78. The van der Waals surface area contributed by atoms with Gasteiger partial charge in [0.15, 0.2) is 0 Å². The third kappa shape index (κ3) is 4.91. The monoisotopic (exact) mass is 370 g/mol. The SMILES string of the molecule is CCc1ccc(COc2c(C(C)(C)OC)cc(C)cc2C(C)(C)OC)cc1. The highest BCUT2D eigenvalue weighted by Gasteiger charge is 2.32. The Morgan fingerprint density at radius 1 is 0.778 bits per heavy atom. The van der Waals surface area contributed by atoms with Gasteiger partial charge in [-0.05, 0) is 64.3 Å². The van der Waals surface area contributed by atoms with Crippen LogP contribution >= 0.6 is 0 Å². The van der Waals surface area contributed by atoms with Gasteiger partial charge in [0.1, 0.15) is 12.4 Å². The Bertz CT molecular complexity index is 721. The average Bonchev–Trinajstić information content (AvgIpc) is 2.66. The molecule has 0 unspecified atom stereocenters. The quantitative estimate of drug-likeness (QED) is 0.579. The van der Waals surface area contributed by atoms with Crippen LogP contribution in [0.2, 0.25) is 0 Å². The van der Waals surface area contributed by atoms with E-state index in [1.165, 1.54) is 5.56 Å². The molecule has 3 nitrogen and oxygen atoms in total. The van der Waals surface area contributed by atoms with Crippen molar-refractivity contribution in [1.29, 1.82) is 0 Å². The van der Waals surface area contributed by atoms with Crippen molar-refractivity contribution in [2.45, 2.75) is 65.8 Å². The zero-order chi connectivity index (χ0) is 20.2. The molecule has 0 saturated heterocycles. The normalized spacial score (nSPS) is 12.3. The third-order valence-corrected chi connectivity index (χ3v) is 5.37. The number of benzene rings is 2. The molecule has 0 atom stereocenters. The van der Waals surface area contributed by atoms with Crippen LogP contribution in [0.3, 0.4) is 0 Å². The zero-order valence-electron chi connectivity index (χ0n) is 18.1. The number of aryl methyl sites for hydroxylation is 2. The molecule has 0 radical (unpaired) electrons. The highest BCUT2D eigenvalue weighted by Crippen LogP contribution is 2.41. The molecule has 0 aromatic heterocycles. The van der Waals surface area contributed by atoms with E-state index in [9.17, 15) is 0 Å². The van der Waals surface area contributed by atoms with Crippen LogP contribution < -0.4 is 4.74 Å². The topological polar surface area (TPSA) is 27.7 Å². The van der Waals surface area contributed by atoms with Crippen LogP contribution in [0.4, 0.5) is 0 Å². The van der Waals surface area contributed by atoms with Crippen molar-refractivity contribution >= 4 is 0 Å². The predicted molar refractivity (Wildman–Crippen MR) is 111 cm³/mol. The number of ether oxygens (including phenoxy) is 3. The van der Waals surface area contributed by atoms with Gasteiger partial charge in [0.25, 0.3) is 0 Å². The molecule has 0 amide bonds. The first-order valence-electron chi connectivity index (χ1n) is 9.61. The van der Waals surface area contributed by atoms with E-state index >= 15 is 0 Å². The van der Waals surface area contributed by atoms with Crippen LogP contribution in [-0.4, -0.2) is 14.2 Å². The molecule has 3 heteroatoms. The zero-order valence-corrected chi connectivity index (χ0v) is 18.1. The summed E-state index contributed by atoms with van der Waals surface area (Å²) in [6.45, 7) is 13.0. The molecule has 0 bridgehead atoms. The Kier molecular flexibility index (Phi) is 6.72. The van der Waals surface area contributed by atoms with Crippen molar-refractivity contribution < 1.29 is 14.2 Å². The van der Waals surface area contributed by atoms with Gasteiger partial charge < -0.3 is 14.2 Å². The summed E-state index contributed by atoms with van der Waals surface area (Å²) in [4.78, 5) is 0. The molecular formula is C24H34O3. The smallest absolute Gasteiger partial charge is 0.131 e. The summed E-state index contributed by atoms with van der Waals surface area (Å²) in [7, 11) is 3.47. The molecule has 2 rings (SSSR count). The second-order valence-corrected chi connectivity index (χ2v) is 8.08. The first kappa shape index (κ1) is 21.5. The lowest BCUT2D eigenvalue weighted by molar-refractivity contribution is 0.00834. The van der Waals surface area contributed by atoms with Crippen molar-refractivity contribution in [3.05, 3.63) is 64.2 Å². The summed E-state index contributed by atoms with van der Waals surface area (Å²) in [5, 5.41) is 0. The highest BCUT2D eigenvalue weighted by molar-refractivity contribution is 5.49. The first-order chi connectivity index (χ1) is 12.6. The summed E-state index contributed by atoms with van der Waals surface area (Å²) < 4.78 is 18.0. The molecule has 0 aliphatic rings. The maximum Gasteiger partial charge on any atom is 0.131 e. The summed E-state index contributed by atoms with van der Waals surface area (Å²) >= 11 is 0. The third-order valence-electron chi connectivity index (χ3n) is 5.37. The number of rotatable bonds is 8. The molecule has 27 heavy (non-hydrogen) atoms. The van der Waals surface area contributed by atoms with E-state index in [2.05, 4.69) is 77.9 Å². The Hall–Kier alpha value is -1.84. The van der Waals surface area contributed by atoms with E-state index in [1.807, 2.05) is 0 Å². The molecule has 0 saturated carbocycles. The fourth-order valence-corrected chi connectivity index (χ4v) is 3.07.